The molecular formula is C13H20N4O2. The highest BCUT2D eigenvalue weighted by atomic mass is 16.5. The molecular weight excluding hydrogens is 244 g/mol. The molecule has 2 aliphatic rings. The minimum atomic E-state index is -0.348. The summed E-state index contributed by atoms with van der Waals surface area (Å²) in [5, 5.41) is 9.91. The number of aliphatic hydroxyl groups excluding tert-OH is 1. The highest BCUT2D eigenvalue weighted by molar-refractivity contribution is 5.28. The van der Waals surface area contributed by atoms with Gasteiger partial charge in [0, 0.05) is 38.6 Å². The van der Waals surface area contributed by atoms with Crippen LogP contribution >= 0.6 is 0 Å². The van der Waals surface area contributed by atoms with Gasteiger partial charge in [-0.05, 0) is 12.5 Å². The van der Waals surface area contributed by atoms with Crippen LogP contribution in [0, 0.1) is 0 Å². The molecule has 6 heteroatoms. The van der Waals surface area contributed by atoms with E-state index in [-0.39, 0.29) is 12.1 Å². The molecule has 0 aliphatic carbocycles. The van der Waals surface area contributed by atoms with E-state index in [0.29, 0.717) is 13.2 Å². The number of rotatable bonds is 2. The number of ether oxygens (including phenoxy) is 1. The number of nitrogens with zero attached hydrogens (tertiary/aromatic N) is 4. The molecule has 2 atom stereocenters. The average Bonchev–Trinajstić information content (AvgIpc) is 2.74. The molecule has 0 amide bonds. The van der Waals surface area contributed by atoms with Crippen molar-refractivity contribution in [2.45, 2.75) is 18.6 Å². The van der Waals surface area contributed by atoms with Gasteiger partial charge in [0.15, 0.2) is 0 Å². The molecule has 0 radical (unpaired) electrons. The second kappa shape index (κ2) is 5.81. The molecule has 1 aromatic heterocycles. The first-order valence-corrected chi connectivity index (χ1v) is 6.86. The van der Waals surface area contributed by atoms with Gasteiger partial charge in [-0.2, -0.15) is 0 Å². The fourth-order valence-corrected chi connectivity index (χ4v) is 2.80. The Morgan fingerprint density at radius 3 is 2.68 bits per heavy atom. The van der Waals surface area contributed by atoms with Gasteiger partial charge in [-0.3, -0.25) is 4.90 Å². The SMILES string of the molecule is O[C@@H]1COC[C@H]1N1CCCN(c2ncccn2)CC1. The molecule has 6 nitrogen and oxygen atoms in total. The monoisotopic (exact) mass is 264 g/mol. The second-order valence-electron chi connectivity index (χ2n) is 5.10. The lowest BCUT2D eigenvalue weighted by Crippen LogP contribution is -2.44. The number of hydrogen-bond acceptors (Lipinski definition) is 6. The van der Waals surface area contributed by atoms with Gasteiger partial charge in [0.25, 0.3) is 0 Å². The smallest absolute Gasteiger partial charge is 0.225 e. The highest BCUT2D eigenvalue weighted by Crippen LogP contribution is 2.17. The molecule has 0 unspecified atom stereocenters. The number of aliphatic hydroxyl groups is 1. The first kappa shape index (κ1) is 12.8. The summed E-state index contributed by atoms with van der Waals surface area (Å²) in [7, 11) is 0. The Bertz CT molecular complexity index is 403. The van der Waals surface area contributed by atoms with E-state index >= 15 is 0 Å². The summed E-state index contributed by atoms with van der Waals surface area (Å²) in [6.45, 7) is 4.88. The largest absolute Gasteiger partial charge is 0.389 e. The van der Waals surface area contributed by atoms with Crippen LogP contribution in [-0.4, -0.2) is 71.5 Å². The second-order valence-corrected chi connectivity index (χ2v) is 5.10. The van der Waals surface area contributed by atoms with Crippen LogP contribution in [-0.2, 0) is 4.74 Å². The lowest BCUT2D eigenvalue weighted by atomic mass is 10.2. The van der Waals surface area contributed by atoms with E-state index in [2.05, 4.69) is 19.8 Å². The molecule has 19 heavy (non-hydrogen) atoms. The quantitative estimate of drug-likeness (QED) is 0.795. The van der Waals surface area contributed by atoms with E-state index in [4.69, 9.17) is 4.74 Å². The van der Waals surface area contributed by atoms with Gasteiger partial charge in [0.2, 0.25) is 5.95 Å². The summed E-state index contributed by atoms with van der Waals surface area (Å²) in [6, 6.07) is 1.98. The topological polar surface area (TPSA) is 61.7 Å². The van der Waals surface area contributed by atoms with Gasteiger partial charge in [-0.25, -0.2) is 9.97 Å². The maximum atomic E-state index is 9.91. The van der Waals surface area contributed by atoms with Crippen LogP contribution in [0.25, 0.3) is 0 Å². The molecule has 0 aromatic carbocycles. The van der Waals surface area contributed by atoms with Gasteiger partial charge in [-0.1, -0.05) is 0 Å². The van der Waals surface area contributed by atoms with E-state index < -0.39 is 0 Å². The lowest BCUT2D eigenvalue weighted by Gasteiger charge is -2.28. The summed E-state index contributed by atoms with van der Waals surface area (Å²) < 4.78 is 5.34. The van der Waals surface area contributed by atoms with E-state index in [1.54, 1.807) is 12.4 Å². The van der Waals surface area contributed by atoms with Crippen molar-refractivity contribution >= 4 is 5.95 Å². The maximum absolute atomic E-state index is 9.91. The predicted molar refractivity (Wildman–Crippen MR) is 71.0 cm³/mol. The van der Waals surface area contributed by atoms with E-state index in [1.807, 2.05) is 6.07 Å². The first-order valence-electron chi connectivity index (χ1n) is 6.86. The summed E-state index contributed by atoms with van der Waals surface area (Å²) in [6.07, 6.45) is 4.26. The van der Waals surface area contributed by atoms with E-state index in [9.17, 15) is 5.11 Å². The third-order valence-corrected chi connectivity index (χ3v) is 3.86. The normalized spacial score (nSPS) is 29.4. The Balaban J connectivity index is 1.63. The number of hydrogen-bond donors (Lipinski definition) is 1. The fourth-order valence-electron chi connectivity index (χ4n) is 2.80. The third-order valence-electron chi connectivity index (χ3n) is 3.86. The Morgan fingerprint density at radius 2 is 1.95 bits per heavy atom. The van der Waals surface area contributed by atoms with Crippen LogP contribution in [0.2, 0.25) is 0 Å². The Labute approximate surface area is 113 Å². The van der Waals surface area contributed by atoms with Crippen LogP contribution in [0.1, 0.15) is 6.42 Å². The zero-order valence-corrected chi connectivity index (χ0v) is 11.0. The molecule has 1 N–H and O–H groups in total. The van der Waals surface area contributed by atoms with Crippen LogP contribution in [0.4, 0.5) is 5.95 Å². The van der Waals surface area contributed by atoms with Crippen molar-refractivity contribution in [2.75, 3.05) is 44.3 Å². The first-order chi connectivity index (χ1) is 9.34. The average molecular weight is 264 g/mol. The van der Waals surface area contributed by atoms with Crippen molar-refractivity contribution in [2.24, 2.45) is 0 Å². The van der Waals surface area contributed by atoms with Crippen LogP contribution in [0.5, 0.6) is 0 Å². The Morgan fingerprint density at radius 1 is 1.11 bits per heavy atom. The molecule has 3 heterocycles. The van der Waals surface area contributed by atoms with Gasteiger partial charge >= 0.3 is 0 Å². The van der Waals surface area contributed by atoms with Crippen molar-refractivity contribution in [3.8, 4) is 0 Å². The summed E-state index contributed by atoms with van der Waals surface area (Å²) in [4.78, 5) is 13.2. The zero-order chi connectivity index (χ0) is 13.1. The van der Waals surface area contributed by atoms with Gasteiger partial charge in [0.05, 0.1) is 25.4 Å². The van der Waals surface area contributed by atoms with Crippen molar-refractivity contribution in [3.05, 3.63) is 18.5 Å². The molecule has 0 saturated carbocycles. The van der Waals surface area contributed by atoms with Gasteiger partial charge in [-0.15, -0.1) is 0 Å². The molecule has 3 rings (SSSR count). The van der Waals surface area contributed by atoms with E-state index in [1.165, 1.54) is 0 Å². The maximum Gasteiger partial charge on any atom is 0.225 e. The molecule has 104 valence electrons. The number of anilines is 1. The standard InChI is InChI=1S/C13H20N4O2/c18-12-10-19-9-11(12)16-5-2-6-17(8-7-16)13-14-3-1-4-15-13/h1,3-4,11-12,18H,2,5-10H2/t11-,12-/m1/s1. The molecule has 2 fully saturated rings. The van der Waals surface area contributed by atoms with Crippen molar-refractivity contribution in [1.82, 2.24) is 14.9 Å². The molecule has 0 spiro atoms. The summed E-state index contributed by atoms with van der Waals surface area (Å²) >= 11 is 0. The van der Waals surface area contributed by atoms with Crippen LogP contribution < -0.4 is 4.90 Å². The fraction of sp³-hybridized carbons (Fsp3) is 0.692. The minimum Gasteiger partial charge on any atom is -0.389 e. The molecule has 1 aromatic rings. The number of aromatic nitrogens is 2. The van der Waals surface area contributed by atoms with Gasteiger partial charge < -0.3 is 14.7 Å². The van der Waals surface area contributed by atoms with Crippen molar-refractivity contribution < 1.29 is 9.84 Å². The molecule has 2 aliphatic heterocycles. The van der Waals surface area contributed by atoms with Crippen molar-refractivity contribution in [1.29, 1.82) is 0 Å². The highest BCUT2D eigenvalue weighted by Gasteiger charge is 2.32. The summed E-state index contributed by atoms with van der Waals surface area (Å²) in [5.74, 6) is 0.799. The predicted octanol–water partition coefficient (Wildman–Crippen LogP) is -0.252. The van der Waals surface area contributed by atoms with Crippen LogP contribution in [0.15, 0.2) is 18.5 Å². The Kier molecular flexibility index (Phi) is 3.91. The summed E-state index contributed by atoms with van der Waals surface area (Å²) in [5.41, 5.74) is 0. The molecule has 2 saturated heterocycles. The third kappa shape index (κ3) is 2.86. The minimum absolute atomic E-state index is 0.150. The zero-order valence-electron chi connectivity index (χ0n) is 11.0. The lowest BCUT2D eigenvalue weighted by molar-refractivity contribution is 0.0859. The van der Waals surface area contributed by atoms with Gasteiger partial charge in [0.1, 0.15) is 0 Å². The van der Waals surface area contributed by atoms with Crippen LogP contribution in [0.3, 0.4) is 0 Å². The van der Waals surface area contributed by atoms with E-state index in [0.717, 1.165) is 38.5 Å². The Hall–Kier alpha value is -1.24. The van der Waals surface area contributed by atoms with Crippen molar-refractivity contribution in [3.63, 3.8) is 0 Å². The molecule has 0 bridgehead atoms.